The average Bonchev–Trinajstić information content (AvgIpc) is 3.38. The molecule has 0 bridgehead atoms. The first kappa shape index (κ1) is 16.3. The largest absolute Gasteiger partial charge is 0.451 e. The van der Waals surface area contributed by atoms with Gasteiger partial charge in [-0.05, 0) is 38.8 Å². The minimum absolute atomic E-state index is 0.0714. The van der Waals surface area contributed by atoms with E-state index in [1.165, 1.54) is 25.5 Å². The van der Waals surface area contributed by atoms with E-state index in [2.05, 4.69) is 24.6 Å². The minimum atomic E-state index is -0.0714. The maximum Gasteiger partial charge on any atom is 0.275 e. The van der Waals surface area contributed by atoms with E-state index < -0.39 is 0 Å². The summed E-state index contributed by atoms with van der Waals surface area (Å²) < 4.78 is 7.05. The van der Waals surface area contributed by atoms with Gasteiger partial charge in [0.15, 0.2) is 12.1 Å². The lowest BCUT2D eigenvalue weighted by molar-refractivity contribution is 0.0697. The van der Waals surface area contributed by atoms with Crippen molar-refractivity contribution < 1.29 is 9.21 Å². The number of oxazole rings is 1. The lowest BCUT2D eigenvalue weighted by Crippen LogP contribution is -2.39. The summed E-state index contributed by atoms with van der Waals surface area (Å²) >= 11 is 0. The Hall–Kier alpha value is -2.22. The predicted octanol–water partition coefficient (Wildman–Crippen LogP) is 1.42. The molecule has 2 aromatic heterocycles. The van der Waals surface area contributed by atoms with Crippen molar-refractivity contribution in [1.29, 1.82) is 0 Å². The number of piperidine rings is 1. The maximum absolute atomic E-state index is 12.5. The summed E-state index contributed by atoms with van der Waals surface area (Å²) in [7, 11) is 2.04. The van der Waals surface area contributed by atoms with Crippen molar-refractivity contribution in [3.05, 3.63) is 30.0 Å². The second kappa shape index (κ2) is 6.95. The van der Waals surface area contributed by atoms with Crippen LogP contribution in [0.1, 0.15) is 53.7 Å². The lowest BCUT2D eigenvalue weighted by atomic mass is 9.97. The zero-order valence-corrected chi connectivity index (χ0v) is 14.6. The highest BCUT2D eigenvalue weighted by atomic mass is 16.3. The molecule has 0 radical (unpaired) electrons. The van der Waals surface area contributed by atoms with Gasteiger partial charge < -0.3 is 13.9 Å². The molecule has 0 aromatic carbocycles. The fourth-order valence-corrected chi connectivity index (χ4v) is 3.86. The fourth-order valence-electron chi connectivity index (χ4n) is 3.86. The van der Waals surface area contributed by atoms with E-state index in [0.29, 0.717) is 12.2 Å². The van der Waals surface area contributed by atoms with Crippen molar-refractivity contribution in [2.45, 2.75) is 38.1 Å². The van der Waals surface area contributed by atoms with Crippen molar-refractivity contribution in [2.24, 2.45) is 7.05 Å². The number of carbonyl (C=O) groups excluding carboxylic acids is 1. The third kappa shape index (κ3) is 3.30. The van der Waals surface area contributed by atoms with E-state index in [-0.39, 0.29) is 11.8 Å². The summed E-state index contributed by atoms with van der Waals surface area (Å²) in [6.07, 6.45) is 7.23. The van der Waals surface area contributed by atoms with Gasteiger partial charge in [0, 0.05) is 26.1 Å². The Balaban J connectivity index is 1.46. The molecule has 1 atom stereocenters. The molecule has 8 heteroatoms. The molecule has 0 unspecified atom stereocenters. The standard InChI is InChI=1S/C17H24N6O2/c1-21-15(10-22-6-2-3-7-22)19-20-16(21)13-5-4-8-23(9-13)17(24)14-11-25-12-18-14/h11-13H,2-10H2,1H3/t13-/m1/s1. The van der Waals surface area contributed by atoms with E-state index in [0.717, 1.165) is 50.7 Å². The van der Waals surface area contributed by atoms with Crippen molar-refractivity contribution >= 4 is 5.91 Å². The Labute approximate surface area is 146 Å². The summed E-state index contributed by atoms with van der Waals surface area (Å²) in [5, 5.41) is 8.87. The topological polar surface area (TPSA) is 80.3 Å². The summed E-state index contributed by atoms with van der Waals surface area (Å²) in [5.74, 6) is 2.14. The van der Waals surface area contributed by atoms with Gasteiger partial charge in [0.1, 0.15) is 17.9 Å². The van der Waals surface area contributed by atoms with Gasteiger partial charge in [-0.25, -0.2) is 4.98 Å². The van der Waals surface area contributed by atoms with Crippen LogP contribution < -0.4 is 0 Å². The normalized spacial score (nSPS) is 21.8. The minimum Gasteiger partial charge on any atom is -0.451 e. The molecular formula is C17H24N6O2. The van der Waals surface area contributed by atoms with Crippen LogP contribution in [0.2, 0.25) is 0 Å². The Morgan fingerprint density at radius 2 is 2.08 bits per heavy atom. The zero-order chi connectivity index (χ0) is 17.2. The molecule has 0 aliphatic carbocycles. The molecular weight excluding hydrogens is 320 g/mol. The molecule has 2 fully saturated rings. The second-order valence-electron chi connectivity index (χ2n) is 6.98. The van der Waals surface area contributed by atoms with Gasteiger partial charge in [-0.1, -0.05) is 0 Å². The first-order valence-corrected chi connectivity index (χ1v) is 9.00. The van der Waals surface area contributed by atoms with Crippen LogP contribution in [0.5, 0.6) is 0 Å². The molecule has 2 aliphatic heterocycles. The van der Waals surface area contributed by atoms with Crippen LogP contribution in [0, 0.1) is 0 Å². The van der Waals surface area contributed by atoms with Crippen molar-refractivity contribution in [3.63, 3.8) is 0 Å². The molecule has 1 amide bonds. The van der Waals surface area contributed by atoms with Crippen molar-refractivity contribution in [2.75, 3.05) is 26.2 Å². The van der Waals surface area contributed by atoms with Crippen LogP contribution in [0.3, 0.4) is 0 Å². The monoisotopic (exact) mass is 344 g/mol. The SMILES string of the molecule is Cn1c(CN2CCCC2)nnc1[C@@H]1CCCN(C(=O)c2cocn2)C1. The van der Waals surface area contributed by atoms with E-state index >= 15 is 0 Å². The molecule has 8 nitrogen and oxygen atoms in total. The molecule has 0 spiro atoms. The number of amides is 1. The number of hydrogen-bond donors (Lipinski definition) is 0. The van der Waals surface area contributed by atoms with Crippen LogP contribution in [-0.2, 0) is 13.6 Å². The van der Waals surface area contributed by atoms with Gasteiger partial charge in [0.2, 0.25) is 0 Å². The predicted molar refractivity (Wildman–Crippen MR) is 89.9 cm³/mol. The Bertz CT molecular complexity index is 720. The van der Waals surface area contributed by atoms with Gasteiger partial charge in [-0.2, -0.15) is 0 Å². The summed E-state index contributed by atoms with van der Waals surface area (Å²) in [4.78, 5) is 20.8. The molecule has 4 heterocycles. The quantitative estimate of drug-likeness (QED) is 0.834. The number of carbonyl (C=O) groups is 1. The average molecular weight is 344 g/mol. The second-order valence-corrected chi connectivity index (χ2v) is 6.98. The van der Waals surface area contributed by atoms with Gasteiger partial charge in [0.25, 0.3) is 5.91 Å². The number of nitrogens with zero attached hydrogens (tertiary/aromatic N) is 6. The van der Waals surface area contributed by atoms with Crippen LogP contribution in [0.15, 0.2) is 17.1 Å². The number of aromatic nitrogens is 4. The van der Waals surface area contributed by atoms with Crippen molar-refractivity contribution in [1.82, 2.24) is 29.5 Å². The summed E-state index contributed by atoms with van der Waals surface area (Å²) in [6.45, 7) is 4.55. The van der Waals surface area contributed by atoms with Crippen LogP contribution >= 0.6 is 0 Å². The molecule has 4 rings (SSSR count). The van der Waals surface area contributed by atoms with E-state index in [4.69, 9.17) is 4.42 Å². The number of hydrogen-bond acceptors (Lipinski definition) is 6. The van der Waals surface area contributed by atoms with E-state index in [1.807, 2.05) is 11.9 Å². The molecule has 25 heavy (non-hydrogen) atoms. The van der Waals surface area contributed by atoms with Crippen LogP contribution in [-0.4, -0.2) is 61.6 Å². The molecule has 2 aromatic rings. The van der Waals surface area contributed by atoms with Gasteiger partial charge in [0.05, 0.1) is 6.54 Å². The third-order valence-corrected chi connectivity index (χ3v) is 5.29. The number of rotatable bonds is 4. The van der Waals surface area contributed by atoms with Gasteiger partial charge >= 0.3 is 0 Å². The van der Waals surface area contributed by atoms with Gasteiger partial charge in [-0.3, -0.25) is 9.69 Å². The highest BCUT2D eigenvalue weighted by Gasteiger charge is 2.30. The third-order valence-electron chi connectivity index (χ3n) is 5.29. The Morgan fingerprint density at radius 3 is 2.84 bits per heavy atom. The maximum atomic E-state index is 12.5. The zero-order valence-electron chi connectivity index (χ0n) is 14.6. The first-order chi connectivity index (χ1) is 12.2. The van der Waals surface area contributed by atoms with E-state index in [1.54, 1.807) is 0 Å². The van der Waals surface area contributed by atoms with Crippen molar-refractivity contribution in [3.8, 4) is 0 Å². The smallest absolute Gasteiger partial charge is 0.275 e. The highest BCUT2D eigenvalue weighted by molar-refractivity contribution is 5.92. The summed E-state index contributed by atoms with van der Waals surface area (Å²) in [6, 6.07) is 0. The first-order valence-electron chi connectivity index (χ1n) is 9.00. The lowest BCUT2D eigenvalue weighted by Gasteiger charge is -2.31. The highest BCUT2D eigenvalue weighted by Crippen LogP contribution is 2.27. The van der Waals surface area contributed by atoms with Crippen LogP contribution in [0.25, 0.3) is 0 Å². The Morgan fingerprint density at radius 1 is 1.24 bits per heavy atom. The molecule has 0 saturated carbocycles. The molecule has 0 N–H and O–H groups in total. The molecule has 2 aliphatic rings. The fraction of sp³-hybridized carbons (Fsp3) is 0.647. The Kier molecular flexibility index (Phi) is 4.52. The van der Waals surface area contributed by atoms with Crippen LogP contribution in [0.4, 0.5) is 0 Å². The van der Waals surface area contributed by atoms with E-state index in [9.17, 15) is 4.79 Å². The molecule has 134 valence electrons. The molecule has 2 saturated heterocycles. The summed E-state index contributed by atoms with van der Waals surface area (Å²) in [5.41, 5.74) is 0.369. The van der Waals surface area contributed by atoms with Gasteiger partial charge in [-0.15, -0.1) is 10.2 Å². The number of likely N-dealkylation sites (tertiary alicyclic amines) is 2.